The van der Waals surface area contributed by atoms with Gasteiger partial charge in [-0.05, 0) is 53.2 Å². The van der Waals surface area contributed by atoms with Crippen LogP contribution in [-0.2, 0) is 15.7 Å². The van der Waals surface area contributed by atoms with Crippen molar-refractivity contribution in [1.82, 2.24) is 35.1 Å². The van der Waals surface area contributed by atoms with Crippen molar-refractivity contribution >= 4 is 15.8 Å². The maximum Gasteiger partial charge on any atom is 0.225 e. The van der Waals surface area contributed by atoms with Crippen LogP contribution in [-0.4, -0.2) is 76.8 Å². The van der Waals surface area contributed by atoms with Crippen molar-refractivity contribution in [3.05, 3.63) is 83.9 Å². The Morgan fingerprint density at radius 2 is 1.62 bits per heavy atom. The molecule has 5 rings (SSSR count). The number of sulfone groups is 1. The SMILES string of the molecule is COc1ccc([C@@H](c2nnnn2CS(=O)(=O)c2ccc(C)cc2)N2CCN(c3ncccn3)CC2)cc1. The van der Waals surface area contributed by atoms with Gasteiger partial charge in [-0.3, -0.25) is 4.90 Å². The van der Waals surface area contributed by atoms with Gasteiger partial charge in [-0.25, -0.2) is 23.1 Å². The number of aromatic nitrogens is 6. The van der Waals surface area contributed by atoms with Gasteiger partial charge < -0.3 is 9.64 Å². The average Bonchev–Trinajstić information content (AvgIpc) is 3.37. The molecule has 11 nitrogen and oxygen atoms in total. The predicted molar refractivity (Wildman–Crippen MR) is 137 cm³/mol. The summed E-state index contributed by atoms with van der Waals surface area (Å²) in [6.45, 7) is 4.71. The highest BCUT2D eigenvalue weighted by molar-refractivity contribution is 7.90. The highest BCUT2D eigenvalue weighted by atomic mass is 32.2. The number of piperazine rings is 1. The van der Waals surface area contributed by atoms with E-state index in [1.165, 1.54) is 4.68 Å². The van der Waals surface area contributed by atoms with Gasteiger partial charge in [0.25, 0.3) is 0 Å². The molecule has 2 aromatic carbocycles. The number of methoxy groups -OCH3 is 1. The largest absolute Gasteiger partial charge is 0.497 e. The lowest BCUT2D eigenvalue weighted by molar-refractivity contribution is 0.201. The number of hydrogen-bond acceptors (Lipinski definition) is 10. The molecule has 1 atom stereocenters. The molecule has 4 aromatic rings. The molecule has 0 amide bonds. The van der Waals surface area contributed by atoms with E-state index in [4.69, 9.17) is 4.74 Å². The third kappa shape index (κ3) is 5.44. The standard InChI is InChI=1S/C25H28N8O3S/c1-19-4-10-22(11-5-19)37(34,35)18-33-24(28-29-30-33)23(20-6-8-21(36-2)9-7-20)31-14-16-32(17-15-31)25-26-12-3-13-27-25/h3-13,23H,14-18H2,1-2H3/t23-/m0/s1. The lowest BCUT2D eigenvalue weighted by atomic mass is 10.0. The van der Waals surface area contributed by atoms with E-state index in [9.17, 15) is 8.42 Å². The smallest absolute Gasteiger partial charge is 0.225 e. The van der Waals surface area contributed by atoms with Crippen LogP contribution in [0.5, 0.6) is 5.75 Å². The van der Waals surface area contributed by atoms with Crippen molar-refractivity contribution in [2.24, 2.45) is 0 Å². The van der Waals surface area contributed by atoms with Gasteiger partial charge in [-0.1, -0.05) is 29.8 Å². The van der Waals surface area contributed by atoms with Crippen LogP contribution in [0.3, 0.4) is 0 Å². The summed E-state index contributed by atoms with van der Waals surface area (Å²) in [7, 11) is -2.05. The summed E-state index contributed by atoms with van der Waals surface area (Å²) in [5.74, 6) is 1.53. The molecular weight excluding hydrogens is 492 g/mol. The number of tetrazole rings is 1. The first-order valence-electron chi connectivity index (χ1n) is 11.9. The highest BCUT2D eigenvalue weighted by Gasteiger charge is 2.32. The molecule has 0 spiro atoms. The number of nitrogens with zero attached hydrogens (tertiary/aromatic N) is 8. The molecule has 3 heterocycles. The van der Waals surface area contributed by atoms with E-state index in [2.05, 4.69) is 35.3 Å². The van der Waals surface area contributed by atoms with Gasteiger partial charge in [0.1, 0.15) is 5.75 Å². The topological polar surface area (TPSA) is 119 Å². The summed E-state index contributed by atoms with van der Waals surface area (Å²) >= 11 is 0. The second kappa shape index (κ2) is 10.6. The Kier molecular flexibility index (Phi) is 7.10. The van der Waals surface area contributed by atoms with E-state index in [-0.39, 0.29) is 16.8 Å². The first-order chi connectivity index (χ1) is 17.9. The van der Waals surface area contributed by atoms with Crippen LogP contribution < -0.4 is 9.64 Å². The third-order valence-electron chi connectivity index (χ3n) is 6.42. The minimum absolute atomic E-state index is 0.233. The summed E-state index contributed by atoms with van der Waals surface area (Å²) in [5.41, 5.74) is 1.93. The summed E-state index contributed by atoms with van der Waals surface area (Å²) < 4.78 is 33.2. The van der Waals surface area contributed by atoms with Crippen LogP contribution in [0.4, 0.5) is 5.95 Å². The van der Waals surface area contributed by atoms with Crippen LogP contribution in [0.25, 0.3) is 0 Å². The average molecular weight is 521 g/mol. The Bertz CT molecular complexity index is 1420. The fourth-order valence-corrected chi connectivity index (χ4v) is 5.63. The first-order valence-corrected chi connectivity index (χ1v) is 13.6. The molecule has 37 heavy (non-hydrogen) atoms. The molecule has 1 aliphatic heterocycles. The van der Waals surface area contributed by atoms with Gasteiger partial charge >= 0.3 is 0 Å². The van der Waals surface area contributed by atoms with E-state index in [1.54, 1.807) is 49.8 Å². The zero-order valence-electron chi connectivity index (χ0n) is 20.7. The first kappa shape index (κ1) is 24.8. The van der Waals surface area contributed by atoms with Crippen molar-refractivity contribution in [3.8, 4) is 5.75 Å². The normalized spacial score (nSPS) is 15.5. The Morgan fingerprint density at radius 3 is 2.27 bits per heavy atom. The van der Waals surface area contributed by atoms with Crippen LogP contribution in [0.15, 0.2) is 71.9 Å². The van der Waals surface area contributed by atoms with E-state index < -0.39 is 9.84 Å². The molecule has 0 bridgehead atoms. The molecule has 0 N–H and O–H groups in total. The van der Waals surface area contributed by atoms with Crippen LogP contribution in [0.2, 0.25) is 0 Å². The molecular formula is C25H28N8O3S. The van der Waals surface area contributed by atoms with E-state index in [0.29, 0.717) is 38.0 Å². The fourth-order valence-electron chi connectivity index (χ4n) is 4.42. The molecule has 0 saturated carbocycles. The Morgan fingerprint density at radius 1 is 0.946 bits per heavy atom. The summed E-state index contributed by atoms with van der Waals surface area (Å²) in [6, 6.07) is 15.9. The Hall–Kier alpha value is -3.90. The van der Waals surface area contributed by atoms with E-state index in [1.807, 2.05) is 31.2 Å². The van der Waals surface area contributed by atoms with E-state index in [0.717, 1.165) is 16.9 Å². The Labute approximate surface area is 215 Å². The van der Waals surface area contributed by atoms with Crippen LogP contribution in [0.1, 0.15) is 23.0 Å². The number of aryl methyl sites for hydroxylation is 1. The van der Waals surface area contributed by atoms with Gasteiger partial charge in [0, 0.05) is 38.6 Å². The number of benzene rings is 2. The molecule has 0 aliphatic carbocycles. The number of hydrogen-bond donors (Lipinski definition) is 0. The van der Waals surface area contributed by atoms with Crippen molar-refractivity contribution in [2.75, 3.05) is 38.2 Å². The molecule has 1 saturated heterocycles. The van der Waals surface area contributed by atoms with Crippen LogP contribution in [0, 0.1) is 6.92 Å². The quantitative estimate of drug-likeness (QED) is 0.342. The second-order valence-electron chi connectivity index (χ2n) is 8.84. The molecule has 1 fully saturated rings. The van der Waals surface area contributed by atoms with Gasteiger partial charge in [-0.2, -0.15) is 0 Å². The molecule has 192 valence electrons. The third-order valence-corrected chi connectivity index (χ3v) is 8.00. The van der Waals surface area contributed by atoms with Gasteiger partial charge in [-0.15, -0.1) is 5.10 Å². The fraction of sp³-hybridized carbons (Fsp3) is 0.320. The number of ether oxygens (including phenoxy) is 1. The minimum Gasteiger partial charge on any atom is -0.497 e. The highest BCUT2D eigenvalue weighted by Crippen LogP contribution is 2.30. The molecule has 0 radical (unpaired) electrons. The van der Waals surface area contributed by atoms with Crippen molar-refractivity contribution in [2.45, 2.75) is 23.7 Å². The number of anilines is 1. The zero-order valence-corrected chi connectivity index (χ0v) is 21.5. The summed E-state index contributed by atoms with van der Waals surface area (Å²) in [6.07, 6.45) is 3.47. The summed E-state index contributed by atoms with van der Waals surface area (Å²) in [4.78, 5) is 13.4. The van der Waals surface area contributed by atoms with Crippen LogP contribution >= 0.6 is 0 Å². The predicted octanol–water partition coefficient (Wildman–Crippen LogP) is 2.12. The zero-order chi connectivity index (χ0) is 25.8. The number of rotatable bonds is 8. The molecule has 0 unspecified atom stereocenters. The maximum atomic E-state index is 13.2. The van der Waals surface area contributed by atoms with Crippen molar-refractivity contribution in [1.29, 1.82) is 0 Å². The summed E-state index contributed by atoms with van der Waals surface area (Å²) in [5, 5.41) is 12.3. The lowest BCUT2D eigenvalue weighted by Gasteiger charge is -2.38. The molecule has 2 aromatic heterocycles. The maximum absolute atomic E-state index is 13.2. The monoisotopic (exact) mass is 520 g/mol. The van der Waals surface area contributed by atoms with Gasteiger partial charge in [0.15, 0.2) is 21.5 Å². The lowest BCUT2D eigenvalue weighted by Crippen LogP contribution is -2.49. The van der Waals surface area contributed by atoms with Gasteiger partial charge in [0.05, 0.1) is 18.0 Å². The Balaban J connectivity index is 1.45. The molecule has 12 heteroatoms. The van der Waals surface area contributed by atoms with Gasteiger partial charge in [0.2, 0.25) is 5.95 Å². The van der Waals surface area contributed by atoms with Crippen molar-refractivity contribution < 1.29 is 13.2 Å². The minimum atomic E-state index is -3.67. The second-order valence-corrected chi connectivity index (χ2v) is 10.8. The van der Waals surface area contributed by atoms with Crippen molar-refractivity contribution in [3.63, 3.8) is 0 Å². The van der Waals surface area contributed by atoms with E-state index >= 15 is 0 Å². The molecule has 1 aliphatic rings.